The van der Waals surface area contributed by atoms with Gasteiger partial charge in [-0.1, -0.05) is 26.0 Å². The van der Waals surface area contributed by atoms with Crippen LogP contribution in [0.1, 0.15) is 13.8 Å². The van der Waals surface area contributed by atoms with Crippen LogP contribution < -0.4 is 16.8 Å². The third kappa shape index (κ3) is 3.80. The van der Waals surface area contributed by atoms with Gasteiger partial charge >= 0.3 is 17.8 Å². The molecule has 2 aromatic rings. The fraction of sp³-hybridized carbons (Fsp3) is 0.333. The lowest BCUT2D eigenvalue weighted by molar-refractivity contribution is -0.158. The number of oxazole rings is 1. The van der Waals surface area contributed by atoms with Gasteiger partial charge < -0.3 is 14.9 Å². The number of rotatable bonds is 5. The van der Waals surface area contributed by atoms with Crippen molar-refractivity contribution in [2.75, 3.05) is 0 Å². The summed E-state index contributed by atoms with van der Waals surface area (Å²) in [6.07, 6.45) is -1.21. The molecule has 0 aliphatic heterocycles. The maximum atomic E-state index is 12.1. The number of imide groups is 1. The van der Waals surface area contributed by atoms with Crippen molar-refractivity contribution >= 4 is 29.0 Å². The van der Waals surface area contributed by atoms with Crippen LogP contribution in [0.15, 0.2) is 33.5 Å². The Balaban J connectivity index is 2.16. The summed E-state index contributed by atoms with van der Waals surface area (Å²) < 4.78 is 11.2. The molecule has 2 rings (SSSR count). The van der Waals surface area contributed by atoms with Crippen LogP contribution >= 0.6 is 0 Å². The van der Waals surface area contributed by atoms with Crippen molar-refractivity contribution in [3.8, 4) is 0 Å². The van der Waals surface area contributed by atoms with Crippen LogP contribution in [0.4, 0.5) is 4.79 Å². The average Bonchev–Trinajstić information content (AvgIpc) is 2.80. The number of nitrogens with one attached hydrogen (secondary N) is 1. The number of para-hydroxylation sites is 2. The van der Waals surface area contributed by atoms with E-state index in [1.54, 1.807) is 38.1 Å². The molecule has 0 saturated heterocycles. The highest BCUT2D eigenvalue weighted by atomic mass is 16.5. The Morgan fingerprint density at radius 1 is 1.29 bits per heavy atom. The number of hydrogen-bond donors (Lipinski definition) is 2. The first kappa shape index (κ1) is 17.3. The highest BCUT2D eigenvalue weighted by molar-refractivity contribution is 5.96. The van der Waals surface area contributed by atoms with E-state index in [-0.39, 0.29) is 0 Å². The summed E-state index contributed by atoms with van der Waals surface area (Å²) in [5.74, 6) is -2.75. The zero-order valence-corrected chi connectivity index (χ0v) is 13.1. The number of carbonyl (C=O) groups is 3. The van der Waals surface area contributed by atoms with Crippen LogP contribution in [0.5, 0.6) is 0 Å². The molecule has 1 atom stereocenters. The predicted octanol–water partition coefficient (Wildman–Crippen LogP) is 0.357. The second-order valence-electron chi connectivity index (χ2n) is 5.43. The number of hydrogen-bond acceptors (Lipinski definition) is 6. The summed E-state index contributed by atoms with van der Waals surface area (Å²) in [7, 11) is 0. The van der Waals surface area contributed by atoms with E-state index in [2.05, 4.69) is 0 Å². The Morgan fingerprint density at radius 2 is 1.96 bits per heavy atom. The Hall–Kier alpha value is -3.10. The van der Waals surface area contributed by atoms with Gasteiger partial charge in [-0.2, -0.15) is 0 Å². The van der Waals surface area contributed by atoms with Gasteiger partial charge in [-0.15, -0.1) is 0 Å². The number of primary amides is 1. The molecule has 1 heterocycles. The van der Waals surface area contributed by atoms with Gasteiger partial charge in [0.05, 0.1) is 5.52 Å². The molecule has 3 N–H and O–H groups in total. The van der Waals surface area contributed by atoms with Crippen molar-refractivity contribution in [2.24, 2.45) is 11.7 Å². The van der Waals surface area contributed by atoms with E-state index >= 15 is 0 Å². The molecule has 1 aromatic heterocycles. The fourth-order valence-corrected chi connectivity index (χ4v) is 2.16. The Labute approximate surface area is 136 Å². The summed E-state index contributed by atoms with van der Waals surface area (Å²) >= 11 is 0. The number of carbonyl (C=O) groups excluding carboxylic acids is 3. The topological polar surface area (TPSA) is 134 Å². The van der Waals surface area contributed by atoms with E-state index in [0.717, 1.165) is 4.57 Å². The average molecular weight is 335 g/mol. The van der Waals surface area contributed by atoms with Gasteiger partial charge in [0.2, 0.25) is 0 Å². The van der Waals surface area contributed by atoms with E-state index < -0.39 is 42.2 Å². The van der Waals surface area contributed by atoms with E-state index in [0.29, 0.717) is 11.1 Å². The summed E-state index contributed by atoms with van der Waals surface area (Å²) in [6, 6.07) is 5.55. The summed E-state index contributed by atoms with van der Waals surface area (Å²) in [5, 5.41) is 1.87. The number of benzene rings is 1. The third-order valence-electron chi connectivity index (χ3n) is 3.23. The molecule has 0 bridgehead atoms. The number of nitrogens with two attached hydrogens (primary N) is 1. The van der Waals surface area contributed by atoms with Gasteiger partial charge in [-0.25, -0.2) is 9.59 Å². The first-order valence-corrected chi connectivity index (χ1v) is 7.17. The molecule has 0 radical (unpaired) electrons. The summed E-state index contributed by atoms with van der Waals surface area (Å²) in [6.45, 7) is 2.85. The Bertz CT molecular complexity index is 835. The van der Waals surface area contributed by atoms with Gasteiger partial charge in [-0.3, -0.25) is 19.5 Å². The number of nitrogens with zero attached hydrogens (tertiary/aromatic N) is 1. The van der Waals surface area contributed by atoms with E-state index in [1.165, 1.54) is 0 Å². The zero-order chi connectivity index (χ0) is 17.9. The Kier molecular flexibility index (Phi) is 5.02. The minimum absolute atomic E-state index is 0.335. The van der Waals surface area contributed by atoms with Crippen LogP contribution in [0.2, 0.25) is 0 Å². The molecule has 0 unspecified atom stereocenters. The molecule has 9 heteroatoms. The largest absolute Gasteiger partial charge is 0.451 e. The summed E-state index contributed by atoms with van der Waals surface area (Å²) in [5.41, 5.74) is 5.65. The molecule has 3 amide bonds. The van der Waals surface area contributed by atoms with Gasteiger partial charge in [-0.05, 0) is 18.1 Å². The van der Waals surface area contributed by atoms with Gasteiger partial charge in [0.25, 0.3) is 5.91 Å². The van der Waals surface area contributed by atoms with E-state index in [1.807, 2.05) is 5.32 Å². The van der Waals surface area contributed by atoms with Crippen molar-refractivity contribution in [2.45, 2.75) is 26.5 Å². The number of ether oxygens (including phenoxy) is 1. The monoisotopic (exact) mass is 335 g/mol. The number of amides is 3. The lowest BCUT2D eigenvalue weighted by Gasteiger charge is -2.19. The minimum atomic E-state index is -1.21. The molecule has 9 nitrogen and oxygen atoms in total. The normalized spacial score (nSPS) is 12.1. The quantitative estimate of drug-likeness (QED) is 0.758. The Morgan fingerprint density at radius 3 is 2.58 bits per heavy atom. The van der Waals surface area contributed by atoms with Gasteiger partial charge in [0, 0.05) is 0 Å². The highest BCUT2D eigenvalue weighted by Gasteiger charge is 2.28. The van der Waals surface area contributed by atoms with Crippen molar-refractivity contribution in [1.82, 2.24) is 9.88 Å². The highest BCUT2D eigenvalue weighted by Crippen LogP contribution is 2.13. The number of aromatic nitrogens is 1. The molecule has 128 valence electrons. The SMILES string of the molecule is CC(C)[C@H](OC(=O)Cn1c(=O)oc2ccccc21)C(=O)NC(N)=O. The van der Waals surface area contributed by atoms with Crippen molar-refractivity contribution in [3.05, 3.63) is 34.8 Å². The molecule has 1 aromatic carbocycles. The van der Waals surface area contributed by atoms with Crippen LogP contribution in [-0.4, -0.2) is 28.6 Å². The zero-order valence-electron chi connectivity index (χ0n) is 13.1. The molecular formula is C15H17N3O6. The number of urea groups is 1. The lowest BCUT2D eigenvalue weighted by Crippen LogP contribution is -2.46. The van der Waals surface area contributed by atoms with E-state index in [9.17, 15) is 19.2 Å². The lowest BCUT2D eigenvalue weighted by atomic mass is 10.1. The molecule has 0 saturated carbocycles. The molecule has 0 aliphatic rings. The molecule has 24 heavy (non-hydrogen) atoms. The first-order valence-electron chi connectivity index (χ1n) is 7.17. The van der Waals surface area contributed by atoms with Gasteiger partial charge in [0.1, 0.15) is 6.54 Å². The van der Waals surface area contributed by atoms with Gasteiger partial charge in [0.15, 0.2) is 11.7 Å². The van der Waals surface area contributed by atoms with E-state index in [4.69, 9.17) is 14.9 Å². The second-order valence-corrected chi connectivity index (χ2v) is 5.43. The molecule has 0 fully saturated rings. The molecule has 0 aliphatic carbocycles. The first-order chi connectivity index (χ1) is 11.3. The number of fused-ring (bicyclic) bond motifs is 1. The molecule has 0 spiro atoms. The van der Waals surface area contributed by atoms with Crippen molar-refractivity contribution in [3.63, 3.8) is 0 Å². The van der Waals surface area contributed by atoms with Crippen LogP contribution in [0.25, 0.3) is 11.1 Å². The maximum Gasteiger partial charge on any atom is 0.420 e. The van der Waals surface area contributed by atoms with Crippen molar-refractivity contribution < 1.29 is 23.5 Å². The van der Waals surface area contributed by atoms with Crippen molar-refractivity contribution in [1.29, 1.82) is 0 Å². The summed E-state index contributed by atoms with van der Waals surface area (Å²) in [4.78, 5) is 46.5. The number of esters is 1. The third-order valence-corrected chi connectivity index (χ3v) is 3.23. The second kappa shape index (κ2) is 6.99. The van der Waals surface area contributed by atoms with Crippen LogP contribution in [0.3, 0.4) is 0 Å². The fourth-order valence-electron chi connectivity index (χ4n) is 2.16. The minimum Gasteiger partial charge on any atom is -0.451 e. The maximum absolute atomic E-state index is 12.1. The standard InChI is InChI=1S/C15H17N3O6/c1-8(2)12(13(20)17-14(16)21)24-11(19)7-18-9-5-3-4-6-10(9)23-15(18)22/h3-6,8,12H,7H2,1-2H3,(H3,16,17,20,21)/t12-/m0/s1. The smallest absolute Gasteiger partial charge is 0.420 e. The van der Waals surface area contributed by atoms with Crippen LogP contribution in [0, 0.1) is 5.92 Å². The molecular weight excluding hydrogens is 318 g/mol. The predicted molar refractivity (Wildman–Crippen MR) is 82.9 cm³/mol. The van der Waals surface area contributed by atoms with Crippen LogP contribution in [-0.2, 0) is 20.9 Å².